The van der Waals surface area contributed by atoms with E-state index in [1.807, 2.05) is 36.4 Å². The molecule has 0 unspecified atom stereocenters. The lowest BCUT2D eigenvalue weighted by molar-refractivity contribution is -0.143. The van der Waals surface area contributed by atoms with Crippen molar-refractivity contribution in [1.82, 2.24) is 20.2 Å². The van der Waals surface area contributed by atoms with Crippen LogP contribution in [0.2, 0.25) is 0 Å². The molecule has 15 heteroatoms. The maximum Gasteiger partial charge on any atom is 0.411 e. The summed E-state index contributed by atoms with van der Waals surface area (Å²) in [6.07, 6.45) is 0.368. The van der Waals surface area contributed by atoms with Crippen LogP contribution in [0, 0.1) is 11.8 Å². The summed E-state index contributed by atoms with van der Waals surface area (Å²) in [4.78, 5) is 43.5. The first kappa shape index (κ1) is 36.9. The minimum absolute atomic E-state index is 0.122. The molecular weight excluding hydrogens is 760 g/mol. The summed E-state index contributed by atoms with van der Waals surface area (Å²) in [6, 6.07) is 10.1. The number of methoxy groups -OCH3 is 1. The largest absolute Gasteiger partial charge is 0.480 e. The van der Waals surface area contributed by atoms with Crippen molar-refractivity contribution in [2.75, 3.05) is 33.4 Å². The monoisotopic (exact) mass is 794 g/mol. The Morgan fingerprint density at radius 2 is 1.60 bits per heavy atom. The molecule has 2 aromatic heterocycles. The summed E-state index contributed by atoms with van der Waals surface area (Å²) >= 11 is 9.73. The molecule has 0 bridgehead atoms. The molecule has 12 nitrogen and oxygen atoms in total. The Morgan fingerprint density at radius 1 is 1.00 bits per heavy atom. The van der Waals surface area contributed by atoms with Gasteiger partial charge in [-0.05, 0) is 99.6 Å². The second-order valence-corrected chi connectivity index (χ2v) is 13.2. The first-order valence-corrected chi connectivity index (χ1v) is 15.8. The van der Waals surface area contributed by atoms with Gasteiger partial charge in [-0.25, -0.2) is 19.6 Å². The topological polar surface area (TPSA) is 160 Å². The maximum atomic E-state index is 11.8. The number of aromatic nitrogens is 2. The van der Waals surface area contributed by atoms with Crippen LogP contribution in [0.3, 0.4) is 0 Å². The number of carboxylic acid groups (broad SMARTS) is 1. The summed E-state index contributed by atoms with van der Waals surface area (Å²) < 4.78 is 17.9. The number of hydrogen-bond acceptors (Lipinski definition) is 10. The Hall–Kier alpha value is -2.33. The summed E-state index contributed by atoms with van der Waals surface area (Å²) in [7, 11) is 1.40. The summed E-state index contributed by atoms with van der Waals surface area (Å²) in [5.74, 6) is -0.575. The average molecular weight is 797 g/mol. The lowest BCUT2D eigenvalue weighted by Crippen LogP contribution is -2.43. The van der Waals surface area contributed by atoms with Crippen LogP contribution in [0.15, 0.2) is 50.2 Å². The fraction of sp³-hybridized carbons (Fsp3) is 0.536. The zero-order valence-electron chi connectivity index (χ0n) is 24.3. The Bertz CT molecular complexity index is 1200. The number of likely N-dealkylation sites (tertiary alicyclic amines) is 1. The molecule has 0 aromatic carbocycles. The van der Waals surface area contributed by atoms with Gasteiger partial charge >= 0.3 is 18.0 Å². The molecule has 2 aliphatic heterocycles. The molecule has 0 aliphatic carbocycles. The lowest BCUT2D eigenvalue weighted by Gasteiger charge is -2.26. The highest BCUT2D eigenvalue weighted by molar-refractivity contribution is 9.11. The van der Waals surface area contributed by atoms with Gasteiger partial charge < -0.3 is 29.7 Å². The summed E-state index contributed by atoms with van der Waals surface area (Å²) in [5, 5.41) is 21.2. The fourth-order valence-electron chi connectivity index (χ4n) is 4.13. The number of carbonyl (C=O) groups excluding carboxylic acids is 2. The number of ether oxygens (including phenoxy) is 3. The average Bonchev–Trinajstić information content (AvgIpc) is 3.59. The molecule has 4 atom stereocenters. The minimum atomic E-state index is -1.06. The van der Waals surface area contributed by atoms with E-state index >= 15 is 0 Å². The molecule has 4 heterocycles. The van der Waals surface area contributed by atoms with Gasteiger partial charge in [0.2, 0.25) is 5.88 Å². The number of nitrogens with one attached hydrogen (secondary N) is 1. The van der Waals surface area contributed by atoms with E-state index in [2.05, 4.69) is 63.1 Å². The summed E-state index contributed by atoms with van der Waals surface area (Å²) in [5.41, 5.74) is -0.655. The molecule has 0 radical (unpaired) electrons. The number of aliphatic hydroxyl groups is 1. The number of nitrogens with zero attached hydrogens (tertiary/aromatic N) is 3. The van der Waals surface area contributed by atoms with E-state index in [0.29, 0.717) is 18.4 Å². The van der Waals surface area contributed by atoms with Crippen molar-refractivity contribution in [3.63, 3.8) is 0 Å². The standard InChI is InChI=1S/C12H15BrN2O3.C11H19NO5.C5H3Br2N/c1-17-12(16)9-5-8(6-14-9)7-18-11-4-2-3-10(13)15-11;1-11(2,3)17-10(16)12-5-7(6-13)4-8(12)9(14)15;6-4-2-1-3-5(7)8-4/h2-4,8-9,14H,5-7H2,1H3;7-8,13H,4-6H2,1-3H3,(H,14,15);1-3H/t8-,9+;7-,8+;/m11./s1. The third-order valence-electron chi connectivity index (χ3n) is 6.10. The van der Waals surface area contributed by atoms with E-state index < -0.39 is 23.7 Å². The van der Waals surface area contributed by atoms with Gasteiger partial charge in [-0.2, -0.15) is 0 Å². The zero-order chi connectivity index (χ0) is 32.2. The van der Waals surface area contributed by atoms with E-state index in [1.165, 1.54) is 12.0 Å². The van der Waals surface area contributed by atoms with E-state index in [4.69, 9.17) is 24.4 Å². The van der Waals surface area contributed by atoms with Gasteiger partial charge in [0.15, 0.2) is 0 Å². The molecule has 43 heavy (non-hydrogen) atoms. The number of halogens is 3. The van der Waals surface area contributed by atoms with Crippen LogP contribution in [0.1, 0.15) is 33.6 Å². The van der Waals surface area contributed by atoms with E-state index in [1.54, 1.807) is 20.8 Å². The van der Waals surface area contributed by atoms with Gasteiger partial charge in [0.1, 0.15) is 31.5 Å². The summed E-state index contributed by atoms with van der Waals surface area (Å²) in [6.45, 7) is 6.57. The van der Waals surface area contributed by atoms with Crippen molar-refractivity contribution in [1.29, 1.82) is 0 Å². The van der Waals surface area contributed by atoms with Crippen LogP contribution in [-0.4, -0.2) is 94.2 Å². The van der Waals surface area contributed by atoms with Gasteiger partial charge in [0, 0.05) is 37.6 Å². The van der Waals surface area contributed by atoms with Crippen molar-refractivity contribution in [3.05, 3.63) is 50.2 Å². The first-order valence-electron chi connectivity index (χ1n) is 13.4. The highest BCUT2D eigenvalue weighted by Gasteiger charge is 2.41. The van der Waals surface area contributed by atoms with E-state index in [9.17, 15) is 14.4 Å². The molecule has 1 amide bonds. The van der Waals surface area contributed by atoms with E-state index in [-0.39, 0.29) is 37.5 Å². The molecule has 2 aromatic rings. The number of esters is 1. The molecule has 0 spiro atoms. The Balaban J connectivity index is 0.000000241. The number of pyridine rings is 2. The number of amides is 1. The second kappa shape index (κ2) is 17.8. The number of carboxylic acids is 1. The predicted octanol–water partition coefficient (Wildman–Crippen LogP) is 4.67. The third-order valence-corrected chi connectivity index (χ3v) is 7.43. The highest BCUT2D eigenvalue weighted by atomic mass is 79.9. The van der Waals surface area contributed by atoms with Crippen molar-refractivity contribution >= 4 is 65.8 Å². The fourth-order valence-corrected chi connectivity index (χ4v) is 5.38. The number of carbonyl (C=O) groups is 3. The van der Waals surface area contributed by atoms with Crippen LogP contribution in [-0.2, 0) is 19.1 Å². The number of hydrogen-bond donors (Lipinski definition) is 3. The van der Waals surface area contributed by atoms with Crippen LogP contribution >= 0.6 is 47.8 Å². The molecular formula is C28H37Br3N4O8. The molecule has 2 fully saturated rings. The third kappa shape index (κ3) is 13.5. The number of rotatable bonds is 6. The SMILES string of the molecule is Brc1cccc(Br)n1.CC(C)(C)OC(=O)N1C[C@H](CO)C[C@H]1C(=O)O.COC(=O)[C@@H]1C[C@@H](COc2cccc(Br)n2)CN1. The molecule has 238 valence electrons. The van der Waals surface area contributed by atoms with Crippen molar-refractivity contribution in [3.8, 4) is 5.88 Å². The second-order valence-electron chi connectivity index (χ2n) is 10.7. The van der Waals surface area contributed by atoms with Gasteiger partial charge in [-0.1, -0.05) is 12.1 Å². The molecule has 3 N–H and O–H groups in total. The normalized spacial score (nSPS) is 21.1. The van der Waals surface area contributed by atoms with Crippen LogP contribution in [0.5, 0.6) is 5.88 Å². The molecule has 0 saturated carbocycles. The van der Waals surface area contributed by atoms with Gasteiger partial charge in [0.05, 0.1) is 13.7 Å². The van der Waals surface area contributed by atoms with Gasteiger partial charge in [0.25, 0.3) is 0 Å². The Kier molecular flexibility index (Phi) is 15.3. The lowest BCUT2D eigenvalue weighted by atomic mass is 10.1. The van der Waals surface area contributed by atoms with Crippen LogP contribution in [0.4, 0.5) is 4.79 Å². The van der Waals surface area contributed by atoms with E-state index in [0.717, 1.165) is 26.8 Å². The number of aliphatic carboxylic acids is 1. The predicted molar refractivity (Wildman–Crippen MR) is 169 cm³/mol. The molecule has 4 rings (SSSR count). The van der Waals surface area contributed by atoms with Crippen LogP contribution < -0.4 is 10.1 Å². The minimum Gasteiger partial charge on any atom is -0.480 e. The molecule has 2 aliphatic rings. The highest BCUT2D eigenvalue weighted by Crippen LogP contribution is 2.25. The first-order chi connectivity index (χ1) is 20.2. The van der Waals surface area contributed by atoms with Gasteiger partial charge in [-0.3, -0.25) is 9.69 Å². The number of aliphatic hydroxyl groups excluding tert-OH is 1. The molecule has 2 saturated heterocycles. The maximum absolute atomic E-state index is 11.8. The Labute approximate surface area is 276 Å². The van der Waals surface area contributed by atoms with Crippen molar-refractivity contribution < 1.29 is 38.8 Å². The zero-order valence-corrected chi connectivity index (χ0v) is 29.1. The Morgan fingerprint density at radius 3 is 2.09 bits per heavy atom. The van der Waals surface area contributed by atoms with Crippen molar-refractivity contribution in [2.45, 2.75) is 51.3 Å². The van der Waals surface area contributed by atoms with Crippen molar-refractivity contribution in [2.24, 2.45) is 11.8 Å². The van der Waals surface area contributed by atoms with Gasteiger partial charge in [-0.15, -0.1) is 0 Å². The smallest absolute Gasteiger partial charge is 0.411 e. The quantitative estimate of drug-likeness (QED) is 0.276. The van der Waals surface area contributed by atoms with Crippen LogP contribution in [0.25, 0.3) is 0 Å².